The molecule has 0 unspecified atom stereocenters. The van der Waals surface area contributed by atoms with E-state index in [0.717, 1.165) is 6.42 Å². The Morgan fingerprint density at radius 3 is 3.00 bits per heavy atom. The molecule has 2 heterocycles. The van der Waals surface area contributed by atoms with Gasteiger partial charge >= 0.3 is 0 Å². The molecule has 90 valence electrons. The lowest BCUT2D eigenvalue weighted by molar-refractivity contribution is 0.213. The Balaban J connectivity index is 2.32. The van der Waals surface area contributed by atoms with Crippen molar-refractivity contribution >= 4 is 10.0 Å². The first-order valence-corrected chi connectivity index (χ1v) is 6.64. The van der Waals surface area contributed by atoms with Gasteiger partial charge in [0, 0.05) is 12.6 Å². The van der Waals surface area contributed by atoms with E-state index in [1.54, 1.807) is 6.92 Å². The molecule has 0 radical (unpaired) electrons. The van der Waals surface area contributed by atoms with E-state index in [1.807, 2.05) is 0 Å². The highest BCUT2D eigenvalue weighted by atomic mass is 32.2. The smallest absolute Gasteiger partial charge is 0.260 e. The number of aliphatic hydroxyl groups excluding tert-OH is 1. The zero-order valence-corrected chi connectivity index (χ0v) is 9.87. The second kappa shape index (κ2) is 4.15. The van der Waals surface area contributed by atoms with Crippen molar-refractivity contribution in [1.29, 1.82) is 0 Å². The molecule has 0 aromatic carbocycles. The molecule has 1 aliphatic heterocycles. The number of aromatic nitrogens is 2. The predicted octanol–water partition coefficient (Wildman–Crippen LogP) is -0.136. The molecule has 1 saturated heterocycles. The summed E-state index contributed by atoms with van der Waals surface area (Å²) in [5.74, 6) is 0.568. The second-order valence-corrected chi connectivity index (χ2v) is 5.79. The fourth-order valence-electron chi connectivity index (χ4n) is 1.96. The summed E-state index contributed by atoms with van der Waals surface area (Å²) in [6, 6.07) is -0.298. The van der Waals surface area contributed by atoms with E-state index in [-0.39, 0.29) is 17.7 Å². The summed E-state index contributed by atoms with van der Waals surface area (Å²) in [4.78, 5) is 6.60. The van der Waals surface area contributed by atoms with Crippen LogP contribution in [0.15, 0.2) is 11.2 Å². The minimum atomic E-state index is -3.52. The number of hydrogen-bond acceptors (Lipinski definition) is 4. The molecule has 1 aliphatic rings. The average Bonchev–Trinajstić information content (AvgIpc) is 2.85. The first-order valence-electron chi connectivity index (χ1n) is 5.20. The van der Waals surface area contributed by atoms with E-state index in [0.29, 0.717) is 18.8 Å². The minimum Gasteiger partial charge on any atom is -0.395 e. The van der Waals surface area contributed by atoms with Crippen molar-refractivity contribution < 1.29 is 13.5 Å². The number of aliphatic hydroxyl groups is 1. The molecule has 1 fully saturated rings. The maximum absolute atomic E-state index is 12.2. The summed E-state index contributed by atoms with van der Waals surface area (Å²) in [6.07, 6.45) is 2.82. The van der Waals surface area contributed by atoms with Gasteiger partial charge < -0.3 is 10.1 Å². The standard InChI is InChI=1S/C9H15N3O3S/c1-7-10-5-9(11-7)16(14,15)12-4-2-3-8(12)6-13/h5,8,13H,2-4,6H2,1H3,(H,10,11)/t8-/m0/s1. The predicted molar refractivity (Wildman–Crippen MR) is 57.3 cm³/mol. The third-order valence-corrected chi connectivity index (χ3v) is 4.66. The summed E-state index contributed by atoms with van der Waals surface area (Å²) in [7, 11) is -3.52. The fourth-order valence-corrected chi connectivity index (χ4v) is 3.61. The van der Waals surface area contributed by atoms with Crippen molar-refractivity contribution in [2.75, 3.05) is 13.2 Å². The second-order valence-electron chi connectivity index (χ2n) is 3.93. The molecule has 0 amide bonds. The van der Waals surface area contributed by atoms with Gasteiger partial charge in [0.05, 0.1) is 12.8 Å². The number of rotatable bonds is 3. The topological polar surface area (TPSA) is 86.3 Å². The van der Waals surface area contributed by atoms with Crippen LogP contribution in [0.2, 0.25) is 0 Å². The summed E-state index contributed by atoms with van der Waals surface area (Å²) < 4.78 is 25.7. The van der Waals surface area contributed by atoms with Gasteiger partial charge in [0.2, 0.25) is 0 Å². The molecule has 1 aromatic heterocycles. The Kier molecular flexibility index (Phi) is 3.00. The first-order chi connectivity index (χ1) is 7.55. The summed E-state index contributed by atoms with van der Waals surface area (Å²) in [5.41, 5.74) is 0. The lowest BCUT2D eigenvalue weighted by Gasteiger charge is -2.21. The van der Waals surface area contributed by atoms with Crippen LogP contribution in [0.25, 0.3) is 0 Å². The van der Waals surface area contributed by atoms with Crippen LogP contribution in [0, 0.1) is 6.92 Å². The van der Waals surface area contributed by atoms with Crippen LogP contribution >= 0.6 is 0 Å². The van der Waals surface area contributed by atoms with Gasteiger partial charge in [-0.25, -0.2) is 13.4 Å². The average molecular weight is 245 g/mol. The molecule has 0 spiro atoms. The van der Waals surface area contributed by atoms with Gasteiger partial charge in [-0.15, -0.1) is 0 Å². The van der Waals surface area contributed by atoms with Gasteiger partial charge in [0.15, 0.2) is 5.03 Å². The van der Waals surface area contributed by atoms with Crippen LogP contribution in [0.4, 0.5) is 0 Å². The van der Waals surface area contributed by atoms with Crippen LogP contribution in [-0.4, -0.2) is 47.0 Å². The molecule has 0 bridgehead atoms. The Bertz CT molecular complexity index is 468. The quantitative estimate of drug-likeness (QED) is 0.776. The zero-order chi connectivity index (χ0) is 11.8. The molecule has 0 saturated carbocycles. The highest BCUT2D eigenvalue weighted by molar-refractivity contribution is 7.89. The van der Waals surface area contributed by atoms with E-state index < -0.39 is 10.0 Å². The summed E-state index contributed by atoms with van der Waals surface area (Å²) in [6.45, 7) is 2.03. The maximum Gasteiger partial charge on any atom is 0.260 e. The Morgan fingerprint density at radius 2 is 2.44 bits per heavy atom. The van der Waals surface area contributed by atoms with Crippen molar-refractivity contribution in [3.05, 3.63) is 12.0 Å². The number of imidazole rings is 1. The molecule has 2 rings (SSSR count). The number of aromatic amines is 1. The van der Waals surface area contributed by atoms with Crippen LogP contribution in [0.1, 0.15) is 18.7 Å². The third kappa shape index (κ3) is 1.85. The van der Waals surface area contributed by atoms with Crippen LogP contribution in [0.3, 0.4) is 0 Å². The van der Waals surface area contributed by atoms with Gasteiger partial charge in [-0.05, 0) is 19.8 Å². The number of sulfonamides is 1. The van der Waals surface area contributed by atoms with Crippen molar-refractivity contribution in [3.63, 3.8) is 0 Å². The summed E-state index contributed by atoms with van der Waals surface area (Å²) >= 11 is 0. The van der Waals surface area contributed by atoms with E-state index in [4.69, 9.17) is 5.11 Å². The van der Waals surface area contributed by atoms with E-state index in [9.17, 15) is 8.42 Å². The van der Waals surface area contributed by atoms with Gasteiger partial charge in [-0.2, -0.15) is 4.31 Å². The molecular weight excluding hydrogens is 230 g/mol. The minimum absolute atomic E-state index is 0.102. The molecule has 7 heteroatoms. The summed E-state index contributed by atoms with van der Waals surface area (Å²) in [5, 5.41) is 9.22. The number of nitrogens with zero attached hydrogens (tertiary/aromatic N) is 2. The lowest BCUT2D eigenvalue weighted by Crippen LogP contribution is -2.37. The van der Waals surface area contributed by atoms with Crippen molar-refractivity contribution in [3.8, 4) is 0 Å². The lowest BCUT2D eigenvalue weighted by atomic mass is 10.2. The third-order valence-electron chi connectivity index (χ3n) is 2.80. The molecule has 2 N–H and O–H groups in total. The molecule has 6 nitrogen and oxygen atoms in total. The highest BCUT2D eigenvalue weighted by Crippen LogP contribution is 2.24. The Labute approximate surface area is 94.4 Å². The molecule has 1 aromatic rings. The van der Waals surface area contributed by atoms with E-state index in [1.165, 1.54) is 10.5 Å². The molecule has 16 heavy (non-hydrogen) atoms. The van der Waals surface area contributed by atoms with E-state index >= 15 is 0 Å². The van der Waals surface area contributed by atoms with Gasteiger partial charge in [0.1, 0.15) is 5.82 Å². The SMILES string of the molecule is Cc1ncc(S(=O)(=O)N2CCC[C@H]2CO)[nH]1. The van der Waals surface area contributed by atoms with Crippen LogP contribution in [0.5, 0.6) is 0 Å². The van der Waals surface area contributed by atoms with Gasteiger partial charge in [-0.3, -0.25) is 0 Å². The normalized spacial score (nSPS) is 22.8. The largest absolute Gasteiger partial charge is 0.395 e. The molecular formula is C9H15N3O3S. The Morgan fingerprint density at radius 1 is 1.69 bits per heavy atom. The number of hydrogen-bond donors (Lipinski definition) is 2. The van der Waals surface area contributed by atoms with Crippen LogP contribution < -0.4 is 0 Å². The first kappa shape index (κ1) is 11.6. The molecule has 0 aliphatic carbocycles. The monoisotopic (exact) mass is 245 g/mol. The fraction of sp³-hybridized carbons (Fsp3) is 0.667. The maximum atomic E-state index is 12.2. The van der Waals surface area contributed by atoms with Gasteiger partial charge in [-0.1, -0.05) is 0 Å². The van der Waals surface area contributed by atoms with Crippen LogP contribution in [-0.2, 0) is 10.0 Å². The van der Waals surface area contributed by atoms with Crippen molar-refractivity contribution in [2.45, 2.75) is 30.8 Å². The van der Waals surface area contributed by atoms with Crippen molar-refractivity contribution in [2.24, 2.45) is 0 Å². The number of nitrogens with one attached hydrogen (secondary N) is 1. The Hall–Kier alpha value is -0.920. The number of H-pyrrole nitrogens is 1. The van der Waals surface area contributed by atoms with E-state index in [2.05, 4.69) is 9.97 Å². The molecule has 1 atom stereocenters. The highest BCUT2D eigenvalue weighted by Gasteiger charge is 2.35. The number of aryl methyl sites for hydroxylation is 1. The zero-order valence-electron chi connectivity index (χ0n) is 9.05. The van der Waals surface area contributed by atoms with Gasteiger partial charge in [0.25, 0.3) is 10.0 Å². The van der Waals surface area contributed by atoms with Crippen molar-refractivity contribution in [1.82, 2.24) is 14.3 Å².